The first kappa shape index (κ1) is 22.0. The minimum Gasteiger partial charge on any atom is -0.491 e. The molecule has 1 heterocycles. The smallest absolute Gasteiger partial charge is 0.317 e. The molecule has 2 amide bonds. The number of amides is 2. The molecule has 2 atom stereocenters. The van der Waals surface area contributed by atoms with E-state index in [0.717, 1.165) is 37.0 Å². The molecule has 0 saturated carbocycles. The van der Waals surface area contributed by atoms with E-state index in [2.05, 4.69) is 5.32 Å². The number of nitrogens with one attached hydrogen (secondary N) is 1. The van der Waals surface area contributed by atoms with Gasteiger partial charge < -0.3 is 25.2 Å². The molecule has 0 spiro atoms. The van der Waals surface area contributed by atoms with Gasteiger partial charge in [-0.15, -0.1) is 0 Å². The fourth-order valence-electron chi connectivity index (χ4n) is 3.25. The molecular weight excluding hydrogens is 360 g/mol. The zero-order valence-electron chi connectivity index (χ0n) is 16.6. The third-order valence-corrected chi connectivity index (χ3v) is 4.94. The number of aliphatic hydroxyl groups is 1. The van der Waals surface area contributed by atoms with Gasteiger partial charge in [0.2, 0.25) is 0 Å². The molecule has 1 saturated heterocycles. The number of urea groups is 1. The number of nitrogens with zero attached hydrogens (tertiary/aromatic N) is 1. The van der Waals surface area contributed by atoms with Crippen LogP contribution in [0.5, 0.6) is 5.75 Å². The van der Waals surface area contributed by atoms with Crippen LogP contribution in [-0.4, -0.2) is 59.0 Å². The SMILES string of the molecule is Cc1ccc(OCC(O)CCN2CC(CCCCCCC(=O)O)NC2=O)cc1. The lowest BCUT2D eigenvalue weighted by Gasteiger charge is -2.18. The first-order valence-corrected chi connectivity index (χ1v) is 10.1. The molecule has 0 aromatic heterocycles. The third-order valence-electron chi connectivity index (χ3n) is 4.94. The predicted octanol–water partition coefficient (Wildman–Crippen LogP) is 2.94. The van der Waals surface area contributed by atoms with Gasteiger partial charge in [0.1, 0.15) is 12.4 Å². The quantitative estimate of drug-likeness (QED) is 0.448. The number of carboxylic acid groups (broad SMARTS) is 1. The highest BCUT2D eigenvalue weighted by Gasteiger charge is 2.28. The van der Waals surface area contributed by atoms with E-state index >= 15 is 0 Å². The van der Waals surface area contributed by atoms with Crippen LogP contribution in [0.15, 0.2) is 24.3 Å². The number of carbonyl (C=O) groups excluding carboxylic acids is 1. The van der Waals surface area contributed by atoms with Gasteiger partial charge in [-0.2, -0.15) is 0 Å². The summed E-state index contributed by atoms with van der Waals surface area (Å²) in [4.78, 5) is 24.3. The van der Waals surface area contributed by atoms with Crippen molar-refractivity contribution < 1.29 is 24.5 Å². The van der Waals surface area contributed by atoms with Crippen molar-refractivity contribution in [3.05, 3.63) is 29.8 Å². The van der Waals surface area contributed by atoms with E-state index in [4.69, 9.17) is 9.84 Å². The van der Waals surface area contributed by atoms with Gasteiger partial charge in [0.15, 0.2) is 0 Å². The highest BCUT2D eigenvalue weighted by molar-refractivity contribution is 5.76. The van der Waals surface area contributed by atoms with Crippen molar-refractivity contribution in [3.8, 4) is 5.75 Å². The van der Waals surface area contributed by atoms with Crippen molar-refractivity contribution in [2.45, 2.75) is 64.0 Å². The minimum atomic E-state index is -0.745. The van der Waals surface area contributed by atoms with Gasteiger partial charge in [-0.3, -0.25) is 4.79 Å². The molecule has 7 heteroatoms. The second kappa shape index (κ2) is 11.5. The van der Waals surface area contributed by atoms with E-state index in [0.29, 0.717) is 25.9 Å². The van der Waals surface area contributed by atoms with Gasteiger partial charge in [-0.25, -0.2) is 4.79 Å². The summed E-state index contributed by atoms with van der Waals surface area (Å²) in [6, 6.07) is 7.73. The van der Waals surface area contributed by atoms with Gasteiger partial charge in [-0.1, -0.05) is 37.0 Å². The third kappa shape index (κ3) is 8.17. The Balaban J connectivity index is 1.57. The van der Waals surface area contributed by atoms with E-state index in [1.54, 1.807) is 4.90 Å². The molecule has 0 aliphatic carbocycles. The number of aliphatic carboxylic acids is 1. The second-order valence-corrected chi connectivity index (χ2v) is 7.51. The normalized spacial score (nSPS) is 17.4. The predicted molar refractivity (Wildman–Crippen MR) is 107 cm³/mol. The highest BCUT2D eigenvalue weighted by atomic mass is 16.5. The number of hydrogen-bond donors (Lipinski definition) is 3. The molecule has 7 nitrogen and oxygen atoms in total. The van der Waals surface area contributed by atoms with Crippen LogP contribution in [0.25, 0.3) is 0 Å². The first-order chi connectivity index (χ1) is 13.4. The fraction of sp³-hybridized carbons (Fsp3) is 0.619. The van der Waals surface area contributed by atoms with Gasteiger partial charge in [-0.05, 0) is 38.3 Å². The first-order valence-electron chi connectivity index (χ1n) is 10.1. The van der Waals surface area contributed by atoms with Crippen molar-refractivity contribution >= 4 is 12.0 Å². The number of aryl methyl sites for hydroxylation is 1. The molecule has 1 aliphatic heterocycles. The second-order valence-electron chi connectivity index (χ2n) is 7.51. The number of rotatable bonds is 13. The molecule has 28 heavy (non-hydrogen) atoms. The number of carbonyl (C=O) groups is 2. The average molecular weight is 392 g/mol. The van der Waals surface area contributed by atoms with Gasteiger partial charge in [0.25, 0.3) is 0 Å². The topological polar surface area (TPSA) is 99.1 Å². The fourth-order valence-corrected chi connectivity index (χ4v) is 3.25. The zero-order valence-corrected chi connectivity index (χ0v) is 16.6. The lowest BCUT2D eigenvalue weighted by molar-refractivity contribution is -0.137. The molecule has 0 radical (unpaired) electrons. The molecule has 0 bridgehead atoms. The average Bonchev–Trinajstić information content (AvgIpc) is 3.01. The Kier molecular flexibility index (Phi) is 9.07. The molecule has 156 valence electrons. The molecule has 1 aromatic carbocycles. The Morgan fingerprint density at radius 1 is 1.25 bits per heavy atom. The zero-order chi connectivity index (χ0) is 20.4. The number of aliphatic hydroxyl groups excluding tert-OH is 1. The van der Waals surface area contributed by atoms with Gasteiger partial charge >= 0.3 is 12.0 Å². The van der Waals surface area contributed by atoms with Crippen LogP contribution in [0.4, 0.5) is 4.79 Å². The van der Waals surface area contributed by atoms with Crippen LogP contribution in [0, 0.1) is 6.92 Å². The standard InChI is InChI=1S/C21H32N2O5/c1-16-8-10-19(11-9-16)28-15-18(24)12-13-23-14-17(22-21(23)27)6-4-2-3-5-7-20(25)26/h8-11,17-18,24H,2-7,12-15H2,1H3,(H,22,27)(H,25,26). The summed E-state index contributed by atoms with van der Waals surface area (Å²) in [5.41, 5.74) is 1.16. The minimum absolute atomic E-state index is 0.0810. The maximum absolute atomic E-state index is 12.1. The van der Waals surface area contributed by atoms with E-state index < -0.39 is 12.1 Å². The Morgan fingerprint density at radius 2 is 1.96 bits per heavy atom. The van der Waals surface area contributed by atoms with Crippen molar-refractivity contribution in [1.82, 2.24) is 10.2 Å². The monoisotopic (exact) mass is 392 g/mol. The Hall–Kier alpha value is -2.28. The molecule has 2 unspecified atom stereocenters. The van der Waals surface area contributed by atoms with E-state index in [9.17, 15) is 14.7 Å². The maximum Gasteiger partial charge on any atom is 0.317 e. The summed E-state index contributed by atoms with van der Waals surface area (Å²) in [6.07, 6.45) is 4.55. The number of benzene rings is 1. The van der Waals surface area contributed by atoms with E-state index in [-0.39, 0.29) is 25.1 Å². The lowest BCUT2D eigenvalue weighted by atomic mass is 10.1. The number of carboxylic acids is 1. The van der Waals surface area contributed by atoms with Crippen molar-refractivity contribution in [3.63, 3.8) is 0 Å². The largest absolute Gasteiger partial charge is 0.491 e. The van der Waals surface area contributed by atoms with Crippen molar-refractivity contribution in [2.75, 3.05) is 19.7 Å². The molecule has 1 fully saturated rings. The van der Waals surface area contributed by atoms with Gasteiger partial charge in [0, 0.05) is 25.6 Å². The number of ether oxygens (including phenoxy) is 1. The van der Waals surface area contributed by atoms with Crippen LogP contribution >= 0.6 is 0 Å². The summed E-state index contributed by atoms with van der Waals surface area (Å²) in [7, 11) is 0. The molecule has 2 rings (SSSR count). The van der Waals surface area contributed by atoms with Crippen molar-refractivity contribution in [2.24, 2.45) is 0 Å². The number of unbranched alkanes of at least 4 members (excludes halogenated alkanes) is 3. The summed E-state index contributed by atoms with van der Waals surface area (Å²) >= 11 is 0. The highest BCUT2D eigenvalue weighted by Crippen LogP contribution is 2.15. The van der Waals surface area contributed by atoms with Crippen LogP contribution < -0.4 is 10.1 Å². The summed E-state index contributed by atoms with van der Waals surface area (Å²) in [5, 5.41) is 21.7. The molecule has 3 N–H and O–H groups in total. The van der Waals surface area contributed by atoms with Crippen LogP contribution in [0.2, 0.25) is 0 Å². The lowest BCUT2D eigenvalue weighted by Crippen LogP contribution is -2.32. The Morgan fingerprint density at radius 3 is 2.68 bits per heavy atom. The molecule has 1 aromatic rings. The van der Waals surface area contributed by atoms with Crippen LogP contribution in [-0.2, 0) is 4.79 Å². The summed E-state index contributed by atoms with van der Waals surface area (Å²) in [6.45, 7) is 3.36. The molecular formula is C21H32N2O5. The molecule has 1 aliphatic rings. The Bertz CT molecular complexity index is 620. The summed E-state index contributed by atoms with van der Waals surface area (Å²) < 4.78 is 5.58. The van der Waals surface area contributed by atoms with E-state index in [1.165, 1.54) is 0 Å². The van der Waals surface area contributed by atoms with E-state index in [1.807, 2.05) is 31.2 Å². The van der Waals surface area contributed by atoms with Crippen LogP contribution in [0.1, 0.15) is 50.5 Å². The summed E-state index contributed by atoms with van der Waals surface area (Å²) in [5.74, 6) is -0.0165. The maximum atomic E-state index is 12.1. The number of hydrogen-bond acceptors (Lipinski definition) is 4. The van der Waals surface area contributed by atoms with Crippen molar-refractivity contribution in [1.29, 1.82) is 0 Å². The Labute approximate surface area is 166 Å². The van der Waals surface area contributed by atoms with Gasteiger partial charge in [0.05, 0.1) is 6.10 Å². The van der Waals surface area contributed by atoms with Crippen LogP contribution in [0.3, 0.4) is 0 Å².